The van der Waals surface area contributed by atoms with E-state index < -0.39 is 0 Å². The van der Waals surface area contributed by atoms with Crippen LogP contribution in [0.1, 0.15) is 20.3 Å². The summed E-state index contributed by atoms with van der Waals surface area (Å²) >= 11 is 0. The van der Waals surface area contributed by atoms with Gasteiger partial charge in [-0.1, -0.05) is 19.1 Å². The molecular weight excluding hydrogens is 202 g/mol. The molecule has 0 heterocycles. The number of para-hydroxylation sites is 2. The summed E-state index contributed by atoms with van der Waals surface area (Å²) in [5, 5.41) is 3.37. The number of nitrogens with one attached hydrogen (secondary N) is 1. The van der Waals surface area contributed by atoms with E-state index >= 15 is 0 Å². The molecule has 0 fully saturated rings. The van der Waals surface area contributed by atoms with E-state index in [4.69, 9.17) is 9.47 Å². The van der Waals surface area contributed by atoms with Crippen LogP contribution in [0.5, 0.6) is 5.75 Å². The topological polar surface area (TPSA) is 30.5 Å². The van der Waals surface area contributed by atoms with Crippen LogP contribution in [-0.4, -0.2) is 26.4 Å². The second-order valence-corrected chi connectivity index (χ2v) is 3.85. The molecule has 0 aliphatic carbocycles. The van der Waals surface area contributed by atoms with E-state index in [9.17, 15) is 0 Å². The van der Waals surface area contributed by atoms with Crippen molar-refractivity contribution in [3.8, 4) is 5.75 Å². The maximum Gasteiger partial charge on any atom is 0.142 e. The van der Waals surface area contributed by atoms with Gasteiger partial charge in [0.05, 0.1) is 18.9 Å². The minimum Gasteiger partial charge on any atom is -0.491 e. The Hall–Kier alpha value is -1.22. The average molecular weight is 223 g/mol. The molecule has 0 spiro atoms. The summed E-state index contributed by atoms with van der Waals surface area (Å²) in [4.78, 5) is 0. The van der Waals surface area contributed by atoms with Crippen molar-refractivity contribution in [3.63, 3.8) is 0 Å². The summed E-state index contributed by atoms with van der Waals surface area (Å²) in [5.74, 6) is 0.910. The summed E-state index contributed by atoms with van der Waals surface area (Å²) in [6, 6.07) is 8.27. The monoisotopic (exact) mass is 223 g/mol. The first-order valence-electron chi connectivity index (χ1n) is 5.75. The Balaban J connectivity index is 2.62. The molecule has 0 bridgehead atoms. The molecule has 16 heavy (non-hydrogen) atoms. The molecule has 90 valence electrons. The third kappa shape index (κ3) is 4.11. The van der Waals surface area contributed by atoms with Gasteiger partial charge in [0.2, 0.25) is 0 Å². The molecule has 0 saturated carbocycles. The van der Waals surface area contributed by atoms with E-state index in [1.54, 1.807) is 7.11 Å². The van der Waals surface area contributed by atoms with Crippen molar-refractivity contribution >= 4 is 5.69 Å². The zero-order valence-electron chi connectivity index (χ0n) is 10.3. The third-order valence-electron chi connectivity index (χ3n) is 2.17. The van der Waals surface area contributed by atoms with Gasteiger partial charge in [-0.25, -0.2) is 0 Å². The zero-order chi connectivity index (χ0) is 11.8. The largest absolute Gasteiger partial charge is 0.491 e. The highest BCUT2D eigenvalue weighted by Crippen LogP contribution is 2.24. The molecule has 1 aromatic carbocycles. The average Bonchev–Trinajstić information content (AvgIpc) is 2.28. The van der Waals surface area contributed by atoms with Crippen molar-refractivity contribution in [2.24, 2.45) is 0 Å². The van der Waals surface area contributed by atoms with E-state index in [1.807, 2.05) is 24.3 Å². The molecule has 0 aromatic heterocycles. The van der Waals surface area contributed by atoms with Crippen molar-refractivity contribution in [2.45, 2.75) is 26.3 Å². The van der Waals surface area contributed by atoms with Crippen LogP contribution in [0.25, 0.3) is 0 Å². The lowest BCUT2D eigenvalue weighted by Crippen LogP contribution is -2.21. The van der Waals surface area contributed by atoms with Gasteiger partial charge in [0, 0.05) is 13.2 Å². The highest BCUT2D eigenvalue weighted by molar-refractivity contribution is 5.56. The predicted octanol–water partition coefficient (Wildman–Crippen LogP) is 2.92. The van der Waals surface area contributed by atoms with Crippen LogP contribution in [-0.2, 0) is 4.74 Å². The van der Waals surface area contributed by atoms with Crippen LogP contribution in [0, 0.1) is 0 Å². The number of methoxy groups -OCH3 is 1. The molecule has 3 nitrogen and oxygen atoms in total. The SMILES string of the molecule is CCCOc1ccccc1NC(C)COC. The van der Waals surface area contributed by atoms with Gasteiger partial charge in [-0.15, -0.1) is 0 Å². The number of benzene rings is 1. The van der Waals surface area contributed by atoms with Crippen molar-refractivity contribution < 1.29 is 9.47 Å². The Morgan fingerprint density at radius 2 is 2.06 bits per heavy atom. The van der Waals surface area contributed by atoms with Gasteiger partial charge in [0.15, 0.2) is 0 Å². The van der Waals surface area contributed by atoms with Crippen molar-refractivity contribution in [3.05, 3.63) is 24.3 Å². The molecule has 1 unspecified atom stereocenters. The molecule has 3 heteroatoms. The lowest BCUT2D eigenvalue weighted by molar-refractivity contribution is 0.190. The number of hydrogen-bond donors (Lipinski definition) is 1. The van der Waals surface area contributed by atoms with Gasteiger partial charge in [0.25, 0.3) is 0 Å². The fraction of sp³-hybridized carbons (Fsp3) is 0.538. The van der Waals surface area contributed by atoms with Crippen molar-refractivity contribution in [2.75, 3.05) is 25.6 Å². The molecule has 0 aliphatic heterocycles. The fourth-order valence-electron chi connectivity index (χ4n) is 1.48. The predicted molar refractivity (Wildman–Crippen MR) is 67.2 cm³/mol. The standard InChI is InChI=1S/C13H21NO2/c1-4-9-16-13-8-6-5-7-12(13)14-11(2)10-15-3/h5-8,11,14H,4,9-10H2,1-3H3. The van der Waals surface area contributed by atoms with Gasteiger partial charge >= 0.3 is 0 Å². The Kier molecular flexibility index (Phi) is 5.72. The van der Waals surface area contributed by atoms with Gasteiger partial charge in [-0.3, -0.25) is 0 Å². The second kappa shape index (κ2) is 7.12. The van der Waals surface area contributed by atoms with Gasteiger partial charge in [-0.05, 0) is 25.5 Å². The first-order valence-corrected chi connectivity index (χ1v) is 5.75. The lowest BCUT2D eigenvalue weighted by Gasteiger charge is -2.17. The van der Waals surface area contributed by atoms with Crippen LogP contribution < -0.4 is 10.1 Å². The number of ether oxygens (including phenoxy) is 2. The Morgan fingerprint density at radius 3 is 2.75 bits per heavy atom. The normalized spacial score (nSPS) is 12.2. The quantitative estimate of drug-likeness (QED) is 0.771. The maximum absolute atomic E-state index is 5.66. The van der Waals surface area contributed by atoms with Crippen molar-refractivity contribution in [1.29, 1.82) is 0 Å². The second-order valence-electron chi connectivity index (χ2n) is 3.85. The molecule has 1 N–H and O–H groups in total. The molecule has 1 atom stereocenters. The Morgan fingerprint density at radius 1 is 1.31 bits per heavy atom. The van der Waals surface area contributed by atoms with Crippen LogP contribution in [0.15, 0.2) is 24.3 Å². The number of anilines is 1. The van der Waals surface area contributed by atoms with E-state index in [2.05, 4.69) is 19.2 Å². The van der Waals surface area contributed by atoms with Gasteiger partial charge < -0.3 is 14.8 Å². The molecular formula is C13H21NO2. The highest BCUT2D eigenvalue weighted by atomic mass is 16.5. The summed E-state index contributed by atoms with van der Waals surface area (Å²) in [5.41, 5.74) is 1.03. The molecule has 0 saturated heterocycles. The maximum atomic E-state index is 5.66. The first kappa shape index (κ1) is 12.8. The van der Waals surface area contributed by atoms with Crippen molar-refractivity contribution in [1.82, 2.24) is 0 Å². The molecule has 1 rings (SSSR count). The molecule has 0 amide bonds. The van der Waals surface area contributed by atoms with Crippen LogP contribution in [0.3, 0.4) is 0 Å². The minimum atomic E-state index is 0.274. The molecule has 1 aromatic rings. The Labute approximate surface area is 97.8 Å². The summed E-state index contributed by atoms with van der Waals surface area (Å²) < 4.78 is 10.8. The minimum absolute atomic E-state index is 0.274. The smallest absolute Gasteiger partial charge is 0.142 e. The van der Waals surface area contributed by atoms with E-state index in [0.717, 1.165) is 24.5 Å². The van der Waals surface area contributed by atoms with Gasteiger partial charge in [-0.2, -0.15) is 0 Å². The van der Waals surface area contributed by atoms with Crippen LogP contribution >= 0.6 is 0 Å². The molecule has 0 radical (unpaired) electrons. The number of hydrogen-bond acceptors (Lipinski definition) is 3. The summed E-state index contributed by atoms with van der Waals surface area (Å²) in [6.07, 6.45) is 1.02. The number of rotatable bonds is 7. The first-order chi connectivity index (χ1) is 7.77. The van der Waals surface area contributed by atoms with Crippen LogP contribution in [0.2, 0.25) is 0 Å². The van der Waals surface area contributed by atoms with E-state index in [0.29, 0.717) is 6.61 Å². The third-order valence-corrected chi connectivity index (χ3v) is 2.17. The van der Waals surface area contributed by atoms with E-state index in [-0.39, 0.29) is 6.04 Å². The molecule has 0 aliphatic rings. The highest BCUT2D eigenvalue weighted by Gasteiger charge is 2.06. The van der Waals surface area contributed by atoms with E-state index in [1.165, 1.54) is 0 Å². The fourth-order valence-corrected chi connectivity index (χ4v) is 1.48. The lowest BCUT2D eigenvalue weighted by atomic mass is 10.2. The van der Waals surface area contributed by atoms with Gasteiger partial charge in [0.1, 0.15) is 5.75 Å². The Bertz CT molecular complexity index is 302. The van der Waals surface area contributed by atoms with Crippen LogP contribution in [0.4, 0.5) is 5.69 Å². The zero-order valence-corrected chi connectivity index (χ0v) is 10.3. The summed E-state index contributed by atoms with van der Waals surface area (Å²) in [7, 11) is 1.71. The summed E-state index contributed by atoms with van der Waals surface area (Å²) in [6.45, 7) is 5.61.